The average Bonchev–Trinajstić information content (AvgIpc) is 2.68. The summed E-state index contributed by atoms with van der Waals surface area (Å²) in [6.45, 7) is 8.37. The van der Waals surface area contributed by atoms with Gasteiger partial charge in [0.05, 0.1) is 6.04 Å². The van der Waals surface area contributed by atoms with Crippen LogP contribution in [0.4, 0.5) is 0 Å². The quantitative estimate of drug-likeness (QED) is 0.407. The van der Waals surface area contributed by atoms with E-state index >= 15 is 0 Å². The zero-order valence-corrected chi connectivity index (χ0v) is 18.0. The highest BCUT2D eigenvalue weighted by molar-refractivity contribution is 5.87. The van der Waals surface area contributed by atoms with Gasteiger partial charge in [-0.3, -0.25) is 4.79 Å². The van der Waals surface area contributed by atoms with E-state index < -0.39 is 42.1 Å². The van der Waals surface area contributed by atoms with E-state index in [0.29, 0.717) is 0 Å². The summed E-state index contributed by atoms with van der Waals surface area (Å²) < 4.78 is 10.3. The van der Waals surface area contributed by atoms with Gasteiger partial charge in [0.15, 0.2) is 6.10 Å². The summed E-state index contributed by atoms with van der Waals surface area (Å²) in [6.07, 6.45) is -2.33. The Hall–Kier alpha value is -2.65. The van der Waals surface area contributed by atoms with Crippen molar-refractivity contribution in [1.82, 2.24) is 5.32 Å². The van der Waals surface area contributed by atoms with Gasteiger partial charge in [-0.2, -0.15) is 0 Å². The number of aliphatic hydroxyl groups excluding tert-OH is 1. The van der Waals surface area contributed by atoms with E-state index in [1.807, 2.05) is 0 Å². The van der Waals surface area contributed by atoms with E-state index in [0.717, 1.165) is 0 Å². The number of carbonyl (C=O) groups excluding carboxylic acids is 3. The molecular formula is C21H32N2O7. The SMILES string of the molecule is CC(COC(=O)C(O)c1ccc(O)cc1)OC(=O)C(NC(=O)[C@@H](N)C(C)C)C(C)C. The smallest absolute Gasteiger partial charge is 0.339 e. The highest BCUT2D eigenvalue weighted by atomic mass is 16.6. The topological polar surface area (TPSA) is 148 Å². The first-order valence-electron chi connectivity index (χ1n) is 9.84. The Labute approximate surface area is 176 Å². The minimum absolute atomic E-state index is 0.000926. The van der Waals surface area contributed by atoms with Crippen LogP contribution in [0.2, 0.25) is 0 Å². The second-order valence-corrected chi connectivity index (χ2v) is 7.87. The normalized spacial score (nSPS) is 15.2. The highest BCUT2D eigenvalue weighted by Gasteiger charge is 2.30. The van der Waals surface area contributed by atoms with Gasteiger partial charge in [-0.1, -0.05) is 39.8 Å². The van der Waals surface area contributed by atoms with Crippen LogP contribution in [0.3, 0.4) is 0 Å². The molecule has 0 aliphatic carbocycles. The Balaban J connectivity index is 2.59. The Morgan fingerprint density at radius 3 is 2.07 bits per heavy atom. The number of rotatable bonds is 10. The van der Waals surface area contributed by atoms with Crippen molar-refractivity contribution in [3.05, 3.63) is 29.8 Å². The highest BCUT2D eigenvalue weighted by Crippen LogP contribution is 2.18. The summed E-state index contributed by atoms with van der Waals surface area (Å²) in [7, 11) is 0. The number of nitrogens with one attached hydrogen (secondary N) is 1. The molecule has 168 valence electrons. The number of phenolic OH excluding ortho intramolecular Hbond substituents is 1. The van der Waals surface area contributed by atoms with Crippen molar-refractivity contribution in [3.8, 4) is 5.75 Å². The van der Waals surface area contributed by atoms with Crippen molar-refractivity contribution in [3.63, 3.8) is 0 Å². The summed E-state index contributed by atoms with van der Waals surface area (Å²) in [5.74, 6) is -2.37. The van der Waals surface area contributed by atoms with Crippen molar-refractivity contribution in [2.45, 2.75) is 58.9 Å². The number of aromatic hydroxyl groups is 1. The number of amides is 1. The van der Waals surface area contributed by atoms with E-state index in [1.54, 1.807) is 27.7 Å². The summed E-state index contributed by atoms with van der Waals surface area (Å²) in [5.41, 5.74) is 6.07. The molecule has 0 fully saturated rings. The van der Waals surface area contributed by atoms with Gasteiger partial charge in [-0.15, -0.1) is 0 Å². The Morgan fingerprint density at radius 1 is 1.00 bits per heavy atom. The van der Waals surface area contributed by atoms with Crippen molar-refractivity contribution >= 4 is 17.8 Å². The summed E-state index contributed by atoms with van der Waals surface area (Å²) in [6, 6.07) is 3.80. The molecule has 1 aromatic rings. The lowest BCUT2D eigenvalue weighted by atomic mass is 10.0. The molecule has 3 unspecified atom stereocenters. The zero-order valence-electron chi connectivity index (χ0n) is 18.0. The third kappa shape index (κ3) is 7.64. The molecule has 4 atom stereocenters. The molecule has 0 spiro atoms. The number of hydrogen-bond acceptors (Lipinski definition) is 8. The Bertz CT molecular complexity index is 719. The molecule has 0 aromatic heterocycles. The van der Waals surface area contributed by atoms with Crippen LogP contribution in [-0.2, 0) is 23.9 Å². The molecule has 0 aliphatic rings. The van der Waals surface area contributed by atoms with Gasteiger partial charge in [0.1, 0.15) is 24.5 Å². The van der Waals surface area contributed by atoms with E-state index in [9.17, 15) is 24.6 Å². The number of ether oxygens (including phenoxy) is 2. The monoisotopic (exact) mass is 424 g/mol. The minimum atomic E-state index is -1.53. The molecule has 9 heteroatoms. The lowest BCUT2D eigenvalue weighted by molar-refractivity contribution is -0.165. The van der Waals surface area contributed by atoms with Crippen molar-refractivity contribution in [1.29, 1.82) is 0 Å². The minimum Gasteiger partial charge on any atom is -0.508 e. The van der Waals surface area contributed by atoms with Crippen LogP contribution in [0, 0.1) is 11.8 Å². The number of nitrogens with two attached hydrogens (primary N) is 1. The van der Waals surface area contributed by atoms with E-state index in [2.05, 4.69) is 5.32 Å². The molecule has 0 heterocycles. The van der Waals surface area contributed by atoms with Gasteiger partial charge in [0.25, 0.3) is 0 Å². The lowest BCUT2D eigenvalue weighted by Crippen LogP contribution is -2.53. The predicted octanol–water partition coefficient (Wildman–Crippen LogP) is 1.02. The standard InChI is InChI=1S/C21H32N2O7/c1-11(2)16(22)19(26)23-17(12(3)4)20(27)30-13(5)10-29-21(28)18(25)14-6-8-15(24)9-7-14/h6-9,11-13,16-18,24-25H,10,22H2,1-5H3,(H,23,26)/t13?,16-,17?,18?/m0/s1. The maximum absolute atomic E-state index is 12.5. The molecule has 0 radical (unpaired) electrons. The van der Waals surface area contributed by atoms with Gasteiger partial charge in [0.2, 0.25) is 5.91 Å². The van der Waals surface area contributed by atoms with Gasteiger partial charge < -0.3 is 30.7 Å². The van der Waals surface area contributed by atoms with Crippen molar-refractivity contribution < 1.29 is 34.1 Å². The van der Waals surface area contributed by atoms with Crippen LogP contribution < -0.4 is 11.1 Å². The van der Waals surface area contributed by atoms with Gasteiger partial charge in [0, 0.05) is 0 Å². The molecule has 0 saturated carbocycles. The second kappa shape index (κ2) is 11.5. The van der Waals surface area contributed by atoms with Crippen LogP contribution in [0.5, 0.6) is 5.75 Å². The maximum atomic E-state index is 12.5. The fraction of sp³-hybridized carbons (Fsp3) is 0.571. The molecule has 1 rings (SSSR count). The van der Waals surface area contributed by atoms with Crippen LogP contribution in [0.1, 0.15) is 46.3 Å². The van der Waals surface area contributed by atoms with Crippen LogP contribution >= 0.6 is 0 Å². The van der Waals surface area contributed by atoms with Crippen LogP contribution in [-0.4, -0.2) is 52.9 Å². The molecule has 0 aliphatic heterocycles. The van der Waals surface area contributed by atoms with Crippen LogP contribution in [0.15, 0.2) is 24.3 Å². The molecular weight excluding hydrogens is 392 g/mol. The predicted molar refractivity (Wildman–Crippen MR) is 109 cm³/mol. The van der Waals surface area contributed by atoms with Crippen molar-refractivity contribution in [2.24, 2.45) is 17.6 Å². The first-order valence-corrected chi connectivity index (χ1v) is 9.84. The molecule has 0 bridgehead atoms. The number of phenols is 1. The Morgan fingerprint density at radius 2 is 1.57 bits per heavy atom. The lowest BCUT2D eigenvalue weighted by Gasteiger charge is -2.25. The van der Waals surface area contributed by atoms with Crippen molar-refractivity contribution in [2.75, 3.05) is 6.61 Å². The van der Waals surface area contributed by atoms with Gasteiger partial charge >= 0.3 is 11.9 Å². The summed E-state index contributed by atoms with van der Waals surface area (Å²) in [5, 5.41) is 21.9. The van der Waals surface area contributed by atoms with Gasteiger partial charge in [-0.25, -0.2) is 9.59 Å². The number of hydrogen-bond donors (Lipinski definition) is 4. The van der Waals surface area contributed by atoms with E-state index in [1.165, 1.54) is 31.2 Å². The molecule has 30 heavy (non-hydrogen) atoms. The molecule has 1 aromatic carbocycles. The van der Waals surface area contributed by atoms with Gasteiger partial charge in [-0.05, 0) is 36.5 Å². The molecule has 1 amide bonds. The van der Waals surface area contributed by atoms with Crippen LogP contribution in [0.25, 0.3) is 0 Å². The number of aliphatic hydroxyl groups is 1. The van der Waals surface area contributed by atoms with E-state index in [-0.39, 0.29) is 29.8 Å². The summed E-state index contributed by atoms with van der Waals surface area (Å²) >= 11 is 0. The number of esters is 2. The molecule has 0 saturated heterocycles. The first-order chi connectivity index (χ1) is 13.9. The first kappa shape index (κ1) is 25.4. The molecule has 9 nitrogen and oxygen atoms in total. The fourth-order valence-corrected chi connectivity index (χ4v) is 2.43. The zero-order chi connectivity index (χ0) is 23.0. The third-order valence-electron chi connectivity index (χ3n) is 4.45. The number of carbonyl (C=O) groups is 3. The van der Waals surface area contributed by atoms with E-state index in [4.69, 9.17) is 15.2 Å². The Kier molecular flexibility index (Phi) is 9.74. The number of benzene rings is 1. The summed E-state index contributed by atoms with van der Waals surface area (Å²) in [4.78, 5) is 36.6. The average molecular weight is 424 g/mol. The fourth-order valence-electron chi connectivity index (χ4n) is 2.43. The third-order valence-corrected chi connectivity index (χ3v) is 4.45. The second-order valence-electron chi connectivity index (χ2n) is 7.87. The molecule has 5 N–H and O–H groups in total. The maximum Gasteiger partial charge on any atom is 0.339 e. The largest absolute Gasteiger partial charge is 0.508 e.